The van der Waals surface area contributed by atoms with Crippen molar-refractivity contribution in [3.05, 3.63) is 30.1 Å². The van der Waals surface area contributed by atoms with Gasteiger partial charge in [-0.15, -0.1) is 0 Å². The molecule has 1 fully saturated rings. The maximum atomic E-state index is 5.83. The highest BCUT2D eigenvalue weighted by Crippen LogP contribution is 2.33. The summed E-state index contributed by atoms with van der Waals surface area (Å²) in [6.07, 6.45) is 6.43. The summed E-state index contributed by atoms with van der Waals surface area (Å²) in [6.45, 7) is 5.42. The Morgan fingerprint density at radius 2 is 2.17 bits per heavy atom. The summed E-state index contributed by atoms with van der Waals surface area (Å²) in [5.74, 6) is 1.10. The highest BCUT2D eigenvalue weighted by Gasteiger charge is 2.35. The molecule has 1 N–H and O–H groups in total. The van der Waals surface area contributed by atoms with Crippen LogP contribution in [0, 0.1) is 5.92 Å². The molecule has 0 bridgehead atoms. The molecule has 0 saturated carbocycles. The highest BCUT2D eigenvalue weighted by molar-refractivity contribution is 5.18. The van der Waals surface area contributed by atoms with E-state index in [1.807, 2.05) is 12.4 Å². The fourth-order valence-electron chi connectivity index (χ4n) is 3.21. The predicted molar refractivity (Wildman–Crippen MR) is 73.6 cm³/mol. The van der Waals surface area contributed by atoms with E-state index in [0.29, 0.717) is 24.0 Å². The molecule has 1 saturated heterocycles. The van der Waals surface area contributed by atoms with Crippen molar-refractivity contribution in [1.29, 1.82) is 0 Å². The molecule has 0 amide bonds. The molecule has 1 aromatic rings. The molecule has 18 heavy (non-hydrogen) atoms. The normalized spacial score (nSPS) is 27.1. The van der Waals surface area contributed by atoms with Crippen LogP contribution in [0.2, 0.25) is 0 Å². The van der Waals surface area contributed by atoms with Gasteiger partial charge in [-0.1, -0.05) is 13.8 Å². The van der Waals surface area contributed by atoms with E-state index >= 15 is 0 Å². The van der Waals surface area contributed by atoms with Gasteiger partial charge in [-0.2, -0.15) is 0 Å². The monoisotopic (exact) mass is 248 g/mol. The number of nitrogens with one attached hydrogen (secondary N) is 1. The average Bonchev–Trinajstić information content (AvgIpc) is 2.89. The van der Waals surface area contributed by atoms with Crippen LogP contribution in [0.25, 0.3) is 0 Å². The number of rotatable bonds is 5. The Bertz CT molecular complexity index is 355. The molecule has 0 aliphatic carbocycles. The van der Waals surface area contributed by atoms with Gasteiger partial charge in [0.2, 0.25) is 0 Å². The second-order valence-corrected chi connectivity index (χ2v) is 5.15. The number of likely N-dealkylation sites (N-methyl/N-ethyl adjacent to an activating group) is 1. The molecule has 1 aromatic heterocycles. The number of ether oxygens (including phenoxy) is 1. The Morgan fingerprint density at radius 3 is 2.78 bits per heavy atom. The van der Waals surface area contributed by atoms with Crippen molar-refractivity contribution >= 4 is 0 Å². The van der Waals surface area contributed by atoms with Crippen LogP contribution in [0.3, 0.4) is 0 Å². The van der Waals surface area contributed by atoms with Gasteiger partial charge in [0, 0.05) is 31.0 Å². The summed E-state index contributed by atoms with van der Waals surface area (Å²) >= 11 is 0. The first kappa shape index (κ1) is 13.5. The van der Waals surface area contributed by atoms with Crippen LogP contribution in [0.1, 0.15) is 38.2 Å². The van der Waals surface area contributed by atoms with Crippen LogP contribution in [-0.4, -0.2) is 30.8 Å². The molecular weight excluding hydrogens is 224 g/mol. The van der Waals surface area contributed by atoms with Crippen molar-refractivity contribution in [2.75, 3.05) is 13.7 Å². The van der Waals surface area contributed by atoms with E-state index < -0.39 is 0 Å². The molecule has 3 nitrogen and oxygen atoms in total. The minimum atomic E-state index is 0.409. The lowest BCUT2D eigenvalue weighted by Crippen LogP contribution is -2.41. The first-order chi connectivity index (χ1) is 8.77. The summed E-state index contributed by atoms with van der Waals surface area (Å²) in [6, 6.07) is 4.71. The molecule has 4 unspecified atom stereocenters. The number of pyridine rings is 1. The molecule has 0 aromatic carbocycles. The van der Waals surface area contributed by atoms with Crippen LogP contribution >= 0.6 is 0 Å². The summed E-state index contributed by atoms with van der Waals surface area (Å²) < 4.78 is 5.83. The Kier molecular flexibility index (Phi) is 4.72. The lowest BCUT2D eigenvalue weighted by atomic mass is 9.81. The first-order valence-electron chi connectivity index (χ1n) is 6.96. The van der Waals surface area contributed by atoms with Crippen LogP contribution in [0.4, 0.5) is 0 Å². The lowest BCUT2D eigenvalue weighted by molar-refractivity contribution is 0.0757. The SMILES string of the molecule is CCC1OCCC1C(NC)C(C)c1ccncc1. The van der Waals surface area contributed by atoms with Gasteiger partial charge in [-0.25, -0.2) is 0 Å². The second kappa shape index (κ2) is 6.30. The van der Waals surface area contributed by atoms with Crippen LogP contribution < -0.4 is 5.32 Å². The van der Waals surface area contributed by atoms with E-state index in [1.165, 1.54) is 12.0 Å². The molecule has 0 radical (unpaired) electrons. The maximum absolute atomic E-state index is 5.83. The Labute approximate surface area is 110 Å². The third kappa shape index (κ3) is 2.73. The molecule has 100 valence electrons. The second-order valence-electron chi connectivity index (χ2n) is 5.15. The predicted octanol–water partition coefficient (Wildman–Crippen LogP) is 2.59. The van der Waals surface area contributed by atoms with E-state index in [1.54, 1.807) is 0 Å². The fraction of sp³-hybridized carbons (Fsp3) is 0.667. The van der Waals surface area contributed by atoms with Crippen molar-refractivity contribution in [2.24, 2.45) is 5.92 Å². The van der Waals surface area contributed by atoms with Crippen LogP contribution in [-0.2, 0) is 4.74 Å². The highest BCUT2D eigenvalue weighted by atomic mass is 16.5. The molecule has 1 aliphatic rings. The third-order valence-electron chi connectivity index (χ3n) is 4.23. The standard InChI is InChI=1S/C15H24N2O/c1-4-14-13(7-10-18-14)15(16-3)11(2)12-5-8-17-9-6-12/h5-6,8-9,11,13-16H,4,7,10H2,1-3H3. The summed E-state index contributed by atoms with van der Waals surface area (Å²) in [4.78, 5) is 4.10. The Balaban J connectivity index is 2.13. The van der Waals surface area contributed by atoms with Crippen molar-refractivity contribution in [3.63, 3.8) is 0 Å². The molecule has 3 heteroatoms. The van der Waals surface area contributed by atoms with Gasteiger partial charge < -0.3 is 10.1 Å². The Morgan fingerprint density at radius 1 is 1.44 bits per heavy atom. The van der Waals surface area contributed by atoms with Gasteiger partial charge in [0.25, 0.3) is 0 Å². The van der Waals surface area contributed by atoms with Gasteiger partial charge in [0.05, 0.1) is 6.10 Å². The van der Waals surface area contributed by atoms with Crippen LogP contribution in [0.5, 0.6) is 0 Å². The molecule has 4 atom stereocenters. The van der Waals surface area contributed by atoms with Gasteiger partial charge in [-0.3, -0.25) is 4.98 Å². The van der Waals surface area contributed by atoms with Gasteiger partial charge in [-0.05, 0) is 43.5 Å². The molecule has 0 spiro atoms. The fourth-order valence-corrected chi connectivity index (χ4v) is 3.21. The van der Waals surface area contributed by atoms with Crippen molar-refractivity contribution in [3.8, 4) is 0 Å². The van der Waals surface area contributed by atoms with E-state index in [9.17, 15) is 0 Å². The number of hydrogen-bond donors (Lipinski definition) is 1. The zero-order valence-electron chi connectivity index (χ0n) is 11.6. The largest absolute Gasteiger partial charge is 0.378 e. The van der Waals surface area contributed by atoms with E-state index in [0.717, 1.165) is 13.0 Å². The van der Waals surface area contributed by atoms with Crippen LogP contribution in [0.15, 0.2) is 24.5 Å². The number of hydrogen-bond acceptors (Lipinski definition) is 3. The molecule has 2 heterocycles. The van der Waals surface area contributed by atoms with Crippen molar-refractivity contribution in [2.45, 2.75) is 44.8 Å². The third-order valence-corrected chi connectivity index (χ3v) is 4.23. The average molecular weight is 248 g/mol. The van der Waals surface area contributed by atoms with Gasteiger partial charge >= 0.3 is 0 Å². The zero-order chi connectivity index (χ0) is 13.0. The summed E-state index contributed by atoms with van der Waals surface area (Å²) in [5, 5.41) is 3.51. The van der Waals surface area contributed by atoms with Gasteiger partial charge in [0.15, 0.2) is 0 Å². The van der Waals surface area contributed by atoms with E-state index in [4.69, 9.17) is 4.74 Å². The minimum absolute atomic E-state index is 0.409. The van der Waals surface area contributed by atoms with E-state index in [-0.39, 0.29) is 0 Å². The topological polar surface area (TPSA) is 34.1 Å². The van der Waals surface area contributed by atoms with E-state index in [2.05, 4.69) is 43.3 Å². The smallest absolute Gasteiger partial charge is 0.0616 e. The molecule has 1 aliphatic heterocycles. The molecular formula is C15H24N2O. The maximum Gasteiger partial charge on any atom is 0.0616 e. The number of nitrogens with zero attached hydrogens (tertiary/aromatic N) is 1. The van der Waals surface area contributed by atoms with Gasteiger partial charge in [0.1, 0.15) is 0 Å². The Hall–Kier alpha value is -0.930. The quantitative estimate of drug-likeness (QED) is 0.869. The summed E-state index contributed by atoms with van der Waals surface area (Å²) in [7, 11) is 2.06. The van der Waals surface area contributed by atoms with Crippen molar-refractivity contribution < 1.29 is 4.74 Å². The number of aromatic nitrogens is 1. The summed E-state index contributed by atoms with van der Waals surface area (Å²) in [5.41, 5.74) is 1.35. The van der Waals surface area contributed by atoms with Crippen molar-refractivity contribution in [1.82, 2.24) is 10.3 Å². The minimum Gasteiger partial charge on any atom is -0.378 e. The lowest BCUT2D eigenvalue weighted by Gasteiger charge is -2.32. The first-order valence-corrected chi connectivity index (χ1v) is 6.96. The zero-order valence-corrected chi connectivity index (χ0v) is 11.6. The molecule has 2 rings (SSSR count).